The van der Waals surface area contributed by atoms with E-state index in [0.717, 1.165) is 25.7 Å². The van der Waals surface area contributed by atoms with Crippen molar-refractivity contribution in [3.05, 3.63) is 23.8 Å². The summed E-state index contributed by atoms with van der Waals surface area (Å²) in [6.45, 7) is 2.13. The average Bonchev–Trinajstić information content (AvgIpc) is 2.91. The van der Waals surface area contributed by atoms with Crippen LogP contribution in [0, 0.1) is 6.92 Å². The van der Waals surface area contributed by atoms with Crippen molar-refractivity contribution >= 4 is 21.6 Å². The number of anilines is 1. The van der Waals surface area contributed by atoms with Crippen LogP contribution in [0.5, 0.6) is 0 Å². The quantitative estimate of drug-likeness (QED) is 0.713. The number of carbonyl (C=O) groups excluding carboxylic acids is 1. The molecule has 0 radical (unpaired) electrons. The Morgan fingerprint density at radius 1 is 1.17 bits per heavy atom. The second-order valence-corrected chi connectivity index (χ2v) is 9.36. The van der Waals surface area contributed by atoms with Gasteiger partial charge in [0.1, 0.15) is 0 Å². The molecule has 0 atom stereocenters. The van der Waals surface area contributed by atoms with Crippen LogP contribution in [-0.2, 0) is 14.8 Å². The Morgan fingerprint density at radius 2 is 1.79 bits per heavy atom. The van der Waals surface area contributed by atoms with Gasteiger partial charge in [0.25, 0.3) is 0 Å². The number of aryl methyl sites for hydroxylation is 1. The van der Waals surface area contributed by atoms with Gasteiger partial charge in [-0.1, -0.05) is 18.9 Å². The summed E-state index contributed by atoms with van der Waals surface area (Å²) in [4.78, 5) is 13.6. The highest BCUT2D eigenvalue weighted by atomic mass is 32.2. The van der Waals surface area contributed by atoms with E-state index in [0.29, 0.717) is 24.3 Å². The monoisotopic (exact) mass is 435 g/mol. The van der Waals surface area contributed by atoms with E-state index < -0.39 is 28.5 Å². The average molecular weight is 436 g/mol. The predicted molar refractivity (Wildman–Crippen MR) is 105 cm³/mol. The third-order valence-electron chi connectivity index (χ3n) is 4.85. The summed E-state index contributed by atoms with van der Waals surface area (Å²) in [6, 6.07) is 4.63. The molecule has 0 aromatic heterocycles. The standard InChI is InChI=1S/C19H28F3N3O3S/c1-15-7-8-16(23-18(26)14-24(2)12-9-19(20,21)22)13-17(15)29(27,28)25-10-5-3-4-6-11-25/h7-8,13H,3-6,9-12,14H2,1-2H3,(H,23,26). The molecule has 1 fully saturated rings. The lowest BCUT2D eigenvalue weighted by Crippen LogP contribution is -2.33. The molecule has 1 N–H and O–H groups in total. The van der Waals surface area contributed by atoms with Crippen LogP contribution in [0.25, 0.3) is 0 Å². The zero-order valence-corrected chi connectivity index (χ0v) is 17.6. The van der Waals surface area contributed by atoms with E-state index in [-0.39, 0.29) is 18.0 Å². The maximum atomic E-state index is 13.1. The minimum absolute atomic E-state index is 0.141. The van der Waals surface area contributed by atoms with E-state index in [9.17, 15) is 26.4 Å². The van der Waals surface area contributed by atoms with Crippen molar-refractivity contribution in [1.82, 2.24) is 9.21 Å². The number of carbonyl (C=O) groups is 1. The maximum absolute atomic E-state index is 13.1. The fraction of sp³-hybridized carbons (Fsp3) is 0.632. The summed E-state index contributed by atoms with van der Waals surface area (Å²) in [5.41, 5.74) is 0.882. The first-order valence-corrected chi connectivity index (χ1v) is 11.1. The van der Waals surface area contributed by atoms with Gasteiger partial charge in [-0.3, -0.25) is 9.69 Å². The number of nitrogens with zero attached hydrogens (tertiary/aromatic N) is 2. The molecule has 29 heavy (non-hydrogen) atoms. The molecule has 2 rings (SSSR count). The first kappa shape index (κ1) is 23.6. The third kappa shape index (κ3) is 7.27. The van der Waals surface area contributed by atoms with Gasteiger partial charge in [0.15, 0.2) is 0 Å². The van der Waals surface area contributed by atoms with Gasteiger partial charge < -0.3 is 5.32 Å². The largest absolute Gasteiger partial charge is 0.390 e. The molecule has 0 bridgehead atoms. The molecule has 1 heterocycles. The minimum Gasteiger partial charge on any atom is -0.325 e. The molecule has 0 spiro atoms. The maximum Gasteiger partial charge on any atom is 0.390 e. The first-order valence-electron chi connectivity index (χ1n) is 9.65. The molecule has 1 aromatic rings. The van der Waals surface area contributed by atoms with Crippen LogP contribution in [0.2, 0.25) is 0 Å². The topological polar surface area (TPSA) is 69.7 Å². The molecular weight excluding hydrogens is 407 g/mol. The van der Waals surface area contributed by atoms with Crippen LogP contribution in [0.4, 0.5) is 18.9 Å². The highest BCUT2D eigenvalue weighted by Crippen LogP contribution is 2.26. The number of rotatable bonds is 7. The van der Waals surface area contributed by atoms with Crippen molar-refractivity contribution in [1.29, 1.82) is 0 Å². The molecule has 1 amide bonds. The number of hydrogen-bond donors (Lipinski definition) is 1. The predicted octanol–water partition coefficient (Wildman–Crippen LogP) is 3.38. The summed E-state index contributed by atoms with van der Waals surface area (Å²) in [5.74, 6) is -0.503. The van der Waals surface area contributed by atoms with Gasteiger partial charge in [-0.25, -0.2) is 8.42 Å². The molecule has 10 heteroatoms. The molecule has 0 saturated carbocycles. The Hall–Kier alpha value is -1.65. The highest BCUT2D eigenvalue weighted by Gasteiger charge is 2.28. The van der Waals surface area contributed by atoms with Crippen LogP contribution >= 0.6 is 0 Å². The Kier molecular flexibility index (Phi) is 8.07. The van der Waals surface area contributed by atoms with Gasteiger partial charge in [0.2, 0.25) is 15.9 Å². The van der Waals surface area contributed by atoms with Gasteiger partial charge in [-0.15, -0.1) is 0 Å². The van der Waals surface area contributed by atoms with Gasteiger partial charge in [0.05, 0.1) is 17.9 Å². The van der Waals surface area contributed by atoms with E-state index in [4.69, 9.17) is 0 Å². The van der Waals surface area contributed by atoms with E-state index in [1.54, 1.807) is 19.1 Å². The van der Waals surface area contributed by atoms with Gasteiger partial charge in [0, 0.05) is 25.3 Å². The fourth-order valence-corrected chi connectivity index (χ4v) is 4.99. The lowest BCUT2D eigenvalue weighted by Gasteiger charge is -2.22. The molecular formula is C19H28F3N3O3S. The van der Waals surface area contributed by atoms with Crippen LogP contribution < -0.4 is 5.32 Å². The number of alkyl halides is 3. The number of amides is 1. The number of nitrogens with one attached hydrogen (secondary N) is 1. The Bertz CT molecular complexity index is 805. The van der Waals surface area contributed by atoms with Crippen LogP contribution in [0.3, 0.4) is 0 Å². The van der Waals surface area contributed by atoms with Crippen LogP contribution in [-0.4, -0.2) is 62.9 Å². The molecule has 1 aliphatic heterocycles. The lowest BCUT2D eigenvalue weighted by atomic mass is 10.2. The number of sulfonamides is 1. The molecule has 6 nitrogen and oxygen atoms in total. The zero-order chi connectivity index (χ0) is 21.7. The summed E-state index contributed by atoms with van der Waals surface area (Å²) >= 11 is 0. The molecule has 1 aliphatic rings. The second-order valence-electron chi connectivity index (χ2n) is 7.45. The Morgan fingerprint density at radius 3 is 2.38 bits per heavy atom. The molecule has 1 aromatic carbocycles. The van der Waals surface area contributed by atoms with Gasteiger partial charge in [-0.2, -0.15) is 17.5 Å². The van der Waals surface area contributed by atoms with Crippen molar-refractivity contribution in [2.75, 3.05) is 38.5 Å². The third-order valence-corrected chi connectivity index (χ3v) is 6.89. The number of hydrogen-bond acceptors (Lipinski definition) is 4. The summed E-state index contributed by atoms with van der Waals surface area (Å²) in [5, 5.41) is 2.58. The van der Waals surface area contributed by atoms with Crippen molar-refractivity contribution in [2.45, 2.75) is 50.1 Å². The van der Waals surface area contributed by atoms with Gasteiger partial charge in [-0.05, 0) is 44.5 Å². The molecule has 0 aliphatic carbocycles. The smallest absolute Gasteiger partial charge is 0.325 e. The second kappa shape index (κ2) is 9.90. The van der Waals surface area contributed by atoms with Crippen molar-refractivity contribution in [2.24, 2.45) is 0 Å². The van der Waals surface area contributed by atoms with Gasteiger partial charge >= 0.3 is 6.18 Å². The van der Waals surface area contributed by atoms with Crippen LogP contribution in [0.1, 0.15) is 37.7 Å². The highest BCUT2D eigenvalue weighted by molar-refractivity contribution is 7.89. The Balaban J connectivity index is 2.07. The normalized spacial score (nSPS) is 16.6. The molecule has 0 unspecified atom stereocenters. The van der Waals surface area contributed by atoms with Crippen molar-refractivity contribution in [3.63, 3.8) is 0 Å². The summed E-state index contributed by atoms with van der Waals surface area (Å²) in [6.07, 6.45) is -1.64. The van der Waals surface area contributed by atoms with E-state index in [1.807, 2.05) is 0 Å². The number of likely N-dealkylation sites (N-methyl/N-ethyl adjacent to an activating group) is 1. The minimum atomic E-state index is -4.28. The molecule has 164 valence electrons. The fourth-order valence-electron chi connectivity index (χ4n) is 3.22. The number of benzene rings is 1. The molecule has 1 saturated heterocycles. The summed E-state index contributed by atoms with van der Waals surface area (Å²) in [7, 11) is -2.25. The Labute approximate surface area is 170 Å². The van der Waals surface area contributed by atoms with Crippen molar-refractivity contribution < 1.29 is 26.4 Å². The van der Waals surface area contributed by atoms with E-state index in [2.05, 4.69) is 5.32 Å². The van der Waals surface area contributed by atoms with E-state index >= 15 is 0 Å². The van der Waals surface area contributed by atoms with E-state index in [1.165, 1.54) is 22.3 Å². The number of halogens is 3. The zero-order valence-electron chi connectivity index (χ0n) is 16.8. The van der Waals surface area contributed by atoms with Crippen molar-refractivity contribution in [3.8, 4) is 0 Å². The van der Waals surface area contributed by atoms with Crippen LogP contribution in [0.15, 0.2) is 23.1 Å². The first-order chi connectivity index (χ1) is 13.5. The SMILES string of the molecule is Cc1ccc(NC(=O)CN(C)CCC(F)(F)F)cc1S(=O)(=O)N1CCCCCC1. The summed E-state index contributed by atoms with van der Waals surface area (Å²) < 4.78 is 64.4. The lowest BCUT2D eigenvalue weighted by molar-refractivity contribution is -0.138.